The number of phenols is 1. The normalized spacial score (nSPS) is 16.7. The zero-order valence-corrected chi connectivity index (χ0v) is 10.9. The third-order valence-electron chi connectivity index (χ3n) is 2.73. The summed E-state index contributed by atoms with van der Waals surface area (Å²) in [4.78, 5) is 0. The average molecular weight is 283 g/mol. The molecule has 0 radical (unpaired) electrons. The Kier molecular flexibility index (Phi) is 4.74. The van der Waals surface area contributed by atoms with Gasteiger partial charge in [-0.05, 0) is 24.5 Å². The molecule has 1 atom stereocenters. The number of benzene rings is 1. The lowest BCUT2D eigenvalue weighted by Crippen LogP contribution is -2.11. The van der Waals surface area contributed by atoms with E-state index >= 15 is 0 Å². The van der Waals surface area contributed by atoms with E-state index in [1.54, 1.807) is 6.07 Å². The fourth-order valence-corrected chi connectivity index (χ4v) is 2.39. The number of halogens is 3. The van der Waals surface area contributed by atoms with Crippen molar-refractivity contribution in [3.8, 4) is 5.75 Å². The number of hydrogen-bond acceptors (Lipinski definition) is 2. The molecule has 0 bridgehead atoms. The molecule has 0 aliphatic heterocycles. The summed E-state index contributed by atoms with van der Waals surface area (Å²) in [5.74, 6) is 0.798. The van der Waals surface area contributed by atoms with Crippen molar-refractivity contribution >= 4 is 35.6 Å². The van der Waals surface area contributed by atoms with Gasteiger partial charge >= 0.3 is 0 Å². The Hall–Kier alpha value is -0.150. The minimum Gasteiger partial charge on any atom is -0.508 e. The third-order valence-corrected chi connectivity index (χ3v) is 3.26. The smallest absolute Gasteiger partial charge is 0.123 e. The summed E-state index contributed by atoms with van der Waals surface area (Å²) in [6.45, 7) is 0. The first-order valence-electron chi connectivity index (χ1n) is 5.01. The van der Waals surface area contributed by atoms with Crippen LogP contribution in [0.3, 0.4) is 0 Å². The topological polar surface area (TPSA) is 46.2 Å². The summed E-state index contributed by atoms with van der Waals surface area (Å²) in [5, 5.41) is 10.6. The second kappa shape index (κ2) is 5.46. The van der Waals surface area contributed by atoms with Crippen LogP contribution in [-0.2, 0) is 0 Å². The molecule has 1 aliphatic rings. The van der Waals surface area contributed by atoms with Gasteiger partial charge in [-0.2, -0.15) is 0 Å². The Morgan fingerprint density at radius 1 is 1.38 bits per heavy atom. The van der Waals surface area contributed by atoms with Gasteiger partial charge in [-0.25, -0.2) is 0 Å². The SMILES string of the molecule is Cl.N[C@H](CC1CC1)c1c(O)cc(Cl)cc1Cl. The van der Waals surface area contributed by atoms with Gasteiger partial charge in [-0.15, -0.1) is 12.4 Å². The van der Waals surface area contributed by atoms with Gasteiger partial charge in [0, 0.05) is 16.6 Å². The molecule has 3 N–H and O–H groups in total. The average Bonchev–Trinajstić information content (AvgIpc) is 2.85. The second-order valence-electron chi connectivity index (χ2n) is 4.11. The molecule has 1 aromatic rings. The van der Waals surface area contributed by atoms with Crippen LogP contribution in [0.1, 0.15) is 30.9 Å². The van der Waals surface area contributed by atoms with Crippen molar-refractivity contribution in [3.05, 3.63) is 27.7 Å². The van der Waals surface area contributed by atoms with Crippen molar-refractivity contribution in [2.45, 2.75) is 25.3 Å². The Balaban J connectivity index is 0.00000128. The van der Waals surface area contributed by atoms with E-state index in [1.807, 2.05) is 0 Å². The van der Waals surface area contributed by atoms with E-state index < -0.39 is 0 Å². The van der Waals surface area contributed by atoms with E-state index in [2.05, 4.69) is 0 Å². The van der Waals surface area contributed by atoms with Crippen molar-refractivity contribution < 1.29 is 5.11 Å². The predicted octanol–water partition coefficient (Wildman–Crippen LogP) is 3.92. The first kappa shape index (κ1) is 13.9. The van der Waals surface area contributed by atoms with Gasteiger partial charge in [0.25, 0.3) is 0 Å². The molecule has 90 valence electrons. The molecule has 0 saturated heterocycles. The molecule has 2 rings (SSSR count). The summed E-state index contributed by atoms with van der Waals surface area (Å²) in [6, 6.07) is 2.91. The minimum absolute atomic E-state index is 0. The summed E-state index contributed by atoms with van der Waals surface area (Å²) in [6.07, 6.45) is 3.36. The van der Waals surface area contributed by atoms with E-state index in [1.165, 1.54) is 18.9 Å². The van der Waals surface area contributed by atoms with Crippen LogP contribution in [0.2, 0.25) is 10.0 Å². The van der Waals surface area contributed by atoms with Crippen LogP contribution in [0.25, 0.3) is 0 Å². The van der Waals surface area contributed by atoms with Crippen LogP contribution < -0.4 is 5.73 Å². The first-order chi connectivity index (χ1) is 7.08. The number of phenolic OH excluding ortho intramolecular Hbond substituents is 1. The summed E-state index contributed by atoms with van der Waals surface area (Å²) in [5.41, 5.74) is 6.62. The molecule has 0 amide bonds. The maximum absolute atomic E-state index is 9.73. The lowest BCUT2D eigenvalue weighted by Gasteiger charge is -2.15. The van der Waals surface area contributed by atoms with Crippen molar-refractivity contribution in [2.24, 2.45) is 11.7 Å². The largest absolute Gasteiger partial charge is 0.508 e. The minimum atomic E-state index is -0.192. The lowest BCUT2D eigenvalue weighted by atomic mass is 10.0. The highest BCUT2D eigenvalue weighted by Crippen LogP contribution is 2.41. The molecule has 1 aliphatic carbocycles. The van der Waals surface area contributed by atoms with Crippen LogP contribution in [0.4, 0.5) is 0 Å². The van der Waals surface area contributed by atoms with Gasteiger partial charge in [0.05, 0.1) is 5.02 Å². The van der Waals surface area contributed by atoms with E-state index in [-0.39, 0.29) is 24.2 Å². The van der Waals surface area contributed by atoms with Crippen LogP contribution in [-0.4, -0.2) is 5.11 Å². The Bertz CT molecular complexity index is 356. The quantitative estimate of drug-likeness (QED) is 0.882. The second-order valence-corrected chi connectivity index (χ2v) is 4.95. The van der Waals surface area contributed by atoms with E-state index in [0.29, 0.717) is 21.5 Å². The van der Waals surface area contributed by atoms with Crippen LogP contribution >= 0.6 is 35.6 Å². The molecule has 1 fully saturated rings. The van der Waals surface area contributed by atoms with Gasteiger partial charge in [-0.1, -0.05) is 36.0 Å². The zero-order valence-electron chi connectivity index (χ0n) is 8.62. The summed E-state index contributed by atoms with van der Waals surface area (Å²) >= 11 is 11.8. The Morgan fingerprint density at radius 2 is 2.00 bits per heavy atom. The Morgan fingerprint density at radius 3 is 2.50 bits per heavy atom. The predicted molar refractivity (Wildman–Crippen MR) is 69.6 cm³/mol. The monoisotopic (exact) mass is 281 g/mol. The maximum atomic E-state index is 9.73. The third kappa shape index (κ3) is 3.17. The molecule has 0 unspecified atom stereocenters. The molecule has 0 heterocycles. The van der Waals surface area contributed by atoms with E-state index in [0.717, 1.165) is 6.42 Å². The molecule has 2 nitrogen and oxygen atoms in total. The van der Waals surface area contributed by atoms with Crippen molar-refractivity contribution in [1.82, 2.24) is 0 Å². The molecular weight excluding hydrogens is 268 g/mol. The molecule has 0 spiro atoms. The fraction of sp³-hybridized carbons (Fsp3) is 0.455. The molecule has 0 aromatic heterocycles. The molecule has 1 aromatic carbocycles. The van der Waals surface area contributed by atoms with Gasteiger partial charge < -0.3 is 10.8 Å². The molecule has 1 saturated carbocycles. The van der Waals surface area contributed by atoms with Gasteiger partial charge in [0.15, 0.2) is 0 Å². The summed E-state index contributed by atoms with van der Waals surface area (Å²) < 4.78 is 0. The maximum Gasteiger partial charge on any atom is 0.123 e. The highest BCUT2D eigenvalue weighted by atomic mass is 35.5. The van der Waals surface area contributed by atoms with E-state index in [4.69, 9.17) is 28.9 Å². The van der Waals surface area contributed by atoms with Crippen LogP contribution in [0.5, 0.6) is 5.75 Å². The standard InChI is InChI=1S/C11H13Cl2NO.ClH/c12-7-4-8(13)11(10(15)5-7)9(14)3-6-1-2-6;/h4-6,9,15H,1-3,14H2;1H/t9-;/m1./s1. The molecule has 5 heteroatoms. The number of nitrogens with two attached hydrogens (primary N) is 1. The fourth-order valence-electron chi connectivity index (χ4n) is 1.77. The van der Waals surface area contributed by atoms with Gasteiger partial charge in [0.2, 0.25) is 0 Å². The van der Waals surface area contributed by atoms with Crippen LogP contribution in [0, 0.1) is 5.92 Å². The number of aromatic hydroxyl groups is 1. The van der Waals surface area contributed by atoms with E-state index in [9.17, 15) is 5.11 Å². The summed E-state index contributed by atoms with van der Waals surface area (Å²) in [7, 11) is 0. The van der Waals surface area contributed by atoms with Crippen molar-refractivity contribution in [2.75, 3.05) is 0 Å². The molecule has 16 heavy (non-hydrogen) atoms. The number of rotatable bonds is 3. The number of hydrogen-bond donors (Lipinski definition) is 2. The Labute approximate surface area is 111 Å². The van der Waals surface area contributed by atoms with Gasteiger partial charge in [-0.3, -0.25) is 0 Å². The lowest BCUT2D eigenvalue weighted by molar-refractivity contribution is 0.455. The zero-order chi connectivity index (χ0) is 11.0. The van der Waals surface area contributed by atoms with Gasteiger partial charge in [0.1, 0.15) is 5.75 Å². The van der Waals surface area contributed by atoms with Crippen LogP contribution in [0.15, 0.2) is 12.1 Å². The highest BCUT2D eigenvalue weighted by molar-refractivity contribution is 6.35. The highest BCUT2D eigenvalue weighted by Gasteiger charge is 2.26. The molecular formula is C11H14Cl3NO. The first-order valence-corrected chi connectivity index (χ1v) is 5.77. The van der Waals surface area contributed by atoms with Crippen molar-refractivity contribution in [1.29, 1.82) is 0 Å². The van der Waals surface area contributed by atoms with Crippen molar-refractivity contribution in [3.63, 3.8) is 0 Å².